The van der Waals surface area contributed by atoms with Crippen LogP contribution in [-0.2, 0) is 0 Å². The van der Waals surface area contributed by atoms with Crippen LogP contribution in [0, 0.1) is 11.7 Å². The largest absolute Gasteiger partial charge is 0.396 e. The Bertz CT molecular complexity index is 429. The second kappa shape index (κ2) is 4.73. The zero-order chi connectivity index (χ0) is 12.4. The molecular formula is C13H17FN2O. The number of nitrogen functional groups attached to an aromatic ring is 1. The molecule has 1 aliphatic rings. The highest BCUT2D eigenvalue weighted by atomic mass is 19.1. The van der Waals surface area contributed by atoms with Crippen LogP contribution >= 0.6 is 0 Å². The summed E-state index contributed by atoms with van der Waals surface area (Å²) in [6.45, 7) is 3.31. The molecule has 1 aliphatic carbocycles. The van der Waals surface area contributed by atoms with E-state index >= 15 is 0 Å². The van der Waals surface area contributed by atoms with Gasteiger partial charge in [0.25, 0.3) is 5.91 Å². The first-order valence-corrected chi connectivity index (χ1v) is 5.96. The van der Waals surface area contributed by atoms with Gasteiger partial charge < -0.3 is 10.6 Å². The van der Waals surface area contributed by atoms with E-state index in [1.54, 1.807) is 11.0 Å². The number of benzene rings is 1. The van der Waals surface area contributed by atoms with E-state index in [2.05, 4.69) is 0 Å². The SMILES string of the molecule is CCN(CC1CC1)C(=O)c1cccc(F)c1N. The summed E-state index contributed by atoms with van der Waals surface area (Å²) in [5.74, 6) is -0.0802. The molecule has 1 aromatic rings. The molecule has 0 spiro atoms. The summed E-state index contributed by atoms with van der Waals surface area (Å²) in [7, 11) is 0. The number of hydrogen-bond donors (Lipinski definition) is 1. The van der Waals surface area contributed by atoms with Crippen molar-refractivity contribution >= 4 is 11.6 Å². The van der Waals surface area contributed by atoms with Gasteiger partial charge in [-0.15, -0.1) is 0 Å². The van der Waals surface area contributed by atoms with Gasteiger partial charge >= 0.3 is 0 Å². The summed E-state index contributed by atoms with van der Waals surface area (Å²) in [6, 6.07) is 4.36. The lowest BCUT2D eigenvalue weighted by Gasteiger charge is -2.21. The Labute approximate surface area is 100 Å². The minimum atomic E-state index is -0.529. The van der Waals surface area contributed by atoms with Crippen LogP contribution in [0.25, 0.3) is 0 Å². The fourth-order valence-corrected chi connectivity index (χ4v) is 1.86. The Hall–Kier alpha value is -1.58. The van der Waals surface area contributed by atoms with Crippen LogP contribution in [0.2, 0.25) is 0 Å². The highest BCUT2D eigenvalue weighted by molar-refractivity contribution is 5.99. The van der Waals surface area contributed by atoms with Crippen molar-refractivity contribution in [1.29, 1.82) is 0 Å². The number of anilines is 1. The van der Waals surface area contributed by atoms with Gasteiger partial charge in [-0.2, -0.15) is 0 Å². The van der Waals surface area contributed by atoms with Gasteiger partial charge in [-0.3, -0.25) is 4.79 Å². The number of amides is 1. The molecule has 0 heterocycles. The molecule has 0 radical (unpaired) electrons. The molecule has 2 N–H and O–H groups in total. The molecule has 0 atom stereocenters. The predicted molar refractivity (Wildman–Crippen MR) is 65.1 cm³/mol. The number of para-hydroxylation sites is 1. The normalized spacial score (nSPS) is 14.7. The maximum Gasteiger partial charge on any atom is 0.256 e. The molecule has 92 valence electrons. The molecule has 0 aromatic heterocycles. The molecule has 0 bridgehead atoms. The summed E-state index contributed by atoms with van der Waals surface area (Å²) in [6.07, 6.45) is 2.37. The van der Waals surface area contributed by atoms with Gasteiger partial charge in [0.2, 0.25) is 0 Å². The lowest BCUT2D eigenvalue weighted by Crippen LogP contribution is -2.33. The number of rotatable bonds is 4. The zero-order valence-electron chi connectivity index (χ0n) is 9.95. The molecule has 0 saturated heterocycles. The molecule has 3 nitrogen and oxygen atoms in total. The van der Waals surface area contributed by atoms with Gasteiger partial charge in [-0.25, -0.2) is 4.39 Å². The van der Waals surface area contributed by atoms with Crippen molar-refractivity contribution in [2.45, 2.75) is 19.8 Å². The Balaban J connectivity index is 2.18. The zero-order valence-corrected chi connectivity index (χ0v) is 9.95. The number of hydrogen-bond acceptors (Lipinski definition) is 2. The second-order valence-corrected chi connectivity index (χ2v) is 4.49. The van der Waals surface area contributed by atoms with Crippen molar-refractivity contribution < 1.29 is 9.18 Å². The first kappa shape index (κ1) is 11.9. The van der Waals surface area contributed by atoms with Crippen LogP contribution in [0.3, 0.4) is 0 Å². The lowest BCUT2D eigenvalue weighted by molar-refractivity contribution is 0.0757. The molecule has 0 aliphatic heterocycles. The Morgan fingerprint density at radius 1 is 1.53 bits per heavy atom. The number of nitrogens with zero attached hydrogens (tertiary/aromatic N) is 1. The van der Waals surface area contributed by atoms with Gasteiger partial charge in [0, 0.05) is 13.1 Å². The summed E-state index contributed by atoms with van der Waals surface area (Å²) in [5, 5.41) is 0. The average molecular weight is 236 g/mol. The lowest BCUT2D eigenvalue weighted by atomic mass is 10.1. The molecule has 17 heavy (non-hydrogen) atoms. The van der Waals surface area contributed by atoms with Crippen molar-refractivity contribution in [3.63, 3.8) is 0 Å². The van der Waals surface area contributed by atoms with E-state index in [0.29, 0.717) is 12.5 Å². The van der Waals surface area contributed by atoms with Crippen LogP contribution in [0.5, 0.6) is 0 Å². The van der Waals surface area contributed by atoms with Crippen molar-refractivity contribution in [2.24, 2.45) is 5.92 Å². The van der Waals surface area contributed by atoms with E-state index in [9.17, 15) is 9.18 Å². The molecular weight excluding hydrogens is 219 g/mol. The van der Waals surface area contributed by atoms with E-state index < -0.39 is 5.82 Å². The summed E-state index contributed by atoms with van der Waals surface area (Å²) in [5.41, 5.74) is 5.82. The highest BCUT2D eigenvalue weighted by Gasteiger charge is 2.27. The van der Waals surface area contributed by atoms with E-state index in [0.717, 1.165) is 6.54 Å². The number of halogens is 1. The van der Waals surface area contributed by atoms with Crippen molar-refractivity contribution in [1.82, 2.24) is 4.90 Å². The third-order valence-electron chi connectivity index (χ3n) is 3.13. The van der Waals surface area contributed by atoms with Crippen molar-refractivity contribution in [2.75, 3.05) is 18.8 Å². The van der Waals surface area contributed by atoms with Gasteiger partial charge in [0.1, 0.15) is 5.82 Å². The summed E-state index contributed by atoms with van der Waals surface area (Å²) < 4.78 is 13.3. The molecule has 1 amide bonds. The van der Waals surface area contributed by atoms with Crippen LogP contribution in [0.4, 0.5) is 10.1 Å². The Morgan fingerprint density at radius 2 is 2.24 bits per heavy atom. The Morgan fingerprint density at radius 3 is 2.82 bits per heavy atom. The van der Waals surface area contributed by atoms with E-state index in [1.165, 1.54) is 25.0 Å². The third-order valence-corrected chi connectivity index (χ3v) is 3.13. The number of carbonyl (C=O) groups excluding carboxylic acids is 1. The van der Waals surface area contributed by atoms with Crippen LogP contribution in [-0.4, -0.2) is 23.9 Å². The van der Waals surface area contributed by atoms with Crippen molar-refractivity contribution in [3.8, 4) is 0 Å². The third kappa shape index (κ3) is 2.57. The van der Waals surface area contributed by atoms with E-state index in [1.807, 2.05) is 6.92 Å². The minimum absolute atomic E-state index is 0.0493. The first-order chi connectivity index (χ1) is 8.13. The summed E-state index contributed by atoms with van der Waals surface area (Å²) >= 11 is 0. The minimum Gasteiger partial charge on any atom is -0.396 e. The van der Waals surface area contributed by atoms with Gasteiger partial charge in [-0.05, 0) is 37.8 Å². The topological polar surface area (TPSA) is 46.3 Å². The fourth-order valence-electron chi connectivity index (χ4n) is 1.86. The van der Waals surface area contributed by atoms with Gasteiger partial charge in [-0.1, -0.05) is 6.07 Å². The Kier molecular flexibility index (Phi) is 3.31. The smallest absolute Gasteiger partial charge is 0.256 e. The molecule has 1 saturated carbocycles. The number of carbonyl (C=O) groups is 1. The summed E-state index contributed by atoms with van der Waals surface area (Å²) in [4.78, 5) is 13.9. The second-order valence-electron chi connectivity index (χ2n) is 4.49. The predicted octanol–water partition coefficient (Wildman–Crippen LogP) is 2.28. The highest BCUT2D eigenvalue weighted by Crippen LogP contribution is 2.30. The quantitative estimate of drug-likeness (QED) is 0.815. The molecule has 1 aromatic carbocycles. The van der Waals surface area contributed by atoms with Crippen LogP contribution in [0.15, 0.2) is 18.2 Å². The van der Waals surface area contributed by atoms with Gasteiger partial charge in [0.05, 0.1) is 11.3 Å². The maximum atomic E-state index is 13.3. The molecule has 4 heteroatoms. The van der Waals surface area contributed by atoms with Crippen LogP contribution < -0.4 is 5.73 Å². The molecule has 1 fully saturated rings. The van der Waals surface area contributed by atoms with Gasteiger partial charge in [0.15, 0.2) is 0 Å². The standard InChI is InChI=1S/C13H17FN2O/c1-2-16(8-9-6-7-9)13(17)10-4-3-5-11(14)12(10)15/h3-5,9H,2,6-8,15H2,1H3. The number of nitrogens with two attached hydrogens (primary N) is 1. The first-order valence-electron chi connectivity index (χ1n) is 5.96. The average Bonchev–Trinajstić information content (AvgIpc) is 3.13. The molecule has 2 rings (SSSR count). The molecule has 0 unspecified atom stereocenters. The van der Waals surface area contributed by atoms with E-state index in [4.69, 9.17) is 5.73 Å². The monoisotopic (exact) mass is 236 g/mol. The van der Waals surface area contributed by atoms with E-state index in [-0.39, 0.29) is 17.2 Å². The van der Waals surface area contributed by atoms with Crippen molar-refractivity contribution in [3.05, 3.63) is 29.6 Å². The maximum absolute atomic E-state index is 13.3. The van der Waals surface area contributed by atoms with Crippen LogP contribution in [0.1, 0.15) is 30.1 Å². The fraction of sp³-hybridized carbons (Fsp3) is 0.462.